The maximum atomic E-state index is 14.4. The third kappa shape index (κ3) is 3.90. The van der Waals surface area contributed by atoms with Crippen LogP contribution in [0.25, 0.3) is 11.3 Å². The maximum Gasteiger partial charge on any atom is 0.416 e. The topological polar surface area (TPSA) is 60.7 Å². The summed E-state index contributed by atoms with van der Waals surface area (Å²) in [5.41, 5.74) is -1.15. The van der Waals surface area contributed by atoms with Crippen LogP contribution in [0.3, 0.4) is 0 Å². The molecule has 0 aliphatic carbocycles. The molecule has 0 spiro atoms. The number of carboxylic acid groups (broad SMARTS) is 1. The maximum absolute atomic E-state index is 14.4. The highest BCUT2D eigenvalue weighted by Gasteiger charge is 2.35. The zero-order chi connectivity index (χ0) is 20.9. The molecule has 1 aromatic heterocycles. The van der Waals surface area contributed by atoms with Crippen molar-refractivity contribution in [2.45, 2.75) is 45.4 Å². The van der Waals surface area contributed by atoms with E-state index in [1.54, 1.807) is 13.8 Å². The molecule has 0 amide bonds. The van der Waals surface area contributed by atoms with E-state index in [-0.39, 0.29) is 35.7 Å². The lowest BCUT2D eigenvalue weighted by atomic mass is 10.1. The summed E-state index contributed by atoms with van der Waals surface area (Å²) in [5, 5.41) is 9.40. The number of hydrogen-bond donors (Lipinski definition) is 1. The molecule has 1 fully saturated rings. The molecule has 1 saturated heterocycles. The number of aromatic nitrogens is 1. The number of carboxylic acids is 1. The number of aromatic carboxylic acids is 1. The Morgan fingerprint density at radius 1 is 1.32 bits per heavy atom. The van der Waals surface area contributed by atoms with E-state index in [4.69, 9.17) is 9.47 Å². The summed E-state index contributed by atoms with van der Waals surface area (Å²) in [6, 6.07) is 3.23. The minimum absolute atomic E-state index is 0.0341. The standard InChI is InChI=1S/C19H19F4NO4/c1-10-13(17(25)26)7-16(24(10)8-12-9-27-18(2,3)28-12)14-6-11(19(21,22)23)4-5-15(14)20/h4-7,12H,8-9H2,1-3H3,(H,25,26). The van der Waals surface area contributed by atoms with Crippen molar-refractivity contribution in [3.8, 4) is 11.3 Å². The van der Waals surface area contributed by atoms with E-state index in [1.165, 1.54) is 17.6 Å². The van der Waals surface area contributed by atoms with Gasteiger partial charge in [-0.15, -0.1) is 0 Å². The van der Waals surface area contributed by atoms with Gasteiger partial charge in [-0.2, -0.15) is 13.2 Å². The van der Waals surface area contributed by atoms with Crippen molar-refractivity contribution in [2.75, 3.05) is 6.61 Å². The molecule has 1 aromatic carbocycles. The SMILES string of the molecule is Cc1c(C(=O)O)cc(-c2cc(C(F)(F)F)ccc2F)n1CC1COC(C)(C)O1. The van der Waals surface area contributed by atoms with Gasteiger partial charge in [0, 0.05) is 11.3 Å². The molecule has 1 atom stereocenters. The van der Waals surface area contributed by atoms with E-state index in [9.17, 15) is 27.5 Å². The van der Waals surface area contributed by atoms with Crippen LogP contribution >= 0.6 is 0 Å². The number of carbonyl (C=O) groups is 1. The second kappa shape index (κ2) is 6.89. The van der Waals surface area contributed by atoms with Crippen molar-refractivity contribution in [3.63, 3.8) is 0 Å². The second-order valence-corrected chi connectivity index (χ2v) is 7.09. The minimum Gasteiger partial charge on any atom is -0.478 e. The van der Waals surface area contributed by atoms with Crippen molar-refractivity contribution in [1.82, 2.24) is 4.57 Å². The molecule has 3 rings (SSSR count). The number of hydrogen-bond acceptors (Lipinski definition) is 3. The molecule has 1 N–H and O–H groups in total. The molecule has 28 heavy (non-hydrogen) atoms. The Labute approximate surface area is 158 Å². The highest BCUT2D eigenvalue weighted by molar-refractivity contribution is 5.91. The first kappa shape index (κ1) is 20.3. The molecule has 1 aliphatic heterocycles. The molecule has 5 nitrogen and oxygen atoms in total. The quantitative estimate of drug-likeness (QED) is 0.768. The number of rotatable bonds is 4. The number of alkyl halides is 3. The third-order valence-corrected chi connectivity index (χ3v) is 4.62. The Morgan fingerprint density at radius 2 is 2.00 bits per heavy atom. The van der Waals surface area contributed by atoms with Gasteiger partial charge in [-0.05, 0) is 45.0 Å². The van der Waals surface area contributed by atoms with E-state index in [1.807, 2.05) is 0 Å². The Morgan fingerprint density at radius 3 is 2.54 bits per heavy atom. The van der Waals surface area contributed by atoms with Gasteiger partial charge in [0.15, 0.2) is 5.79 Å². The van der Waals surface area contributed by atoms with Gasteiger partial charge in [0.2, 0.25) is 0 Å². The second-order valence-electron chi connectivity index (χ2n) is 7.09. The summed E-state index contributed by atoms with van der Waals surface area (Å²) in [6.07, 6.45) is -5.12. The van der Waals surface area contributed by atoms with Crippen LogP contribution in [0, 0.1) is 12.7 Å². The number of halogens is 4. The number of nitrogens with zero attached hydrogens (tertiary/aromatic N) is 1. The molecule has 2 heterocycles. The predicted octanol–water partition coefficient (Wildman–Crippen LogP) is 4.47. The first-order valence-electron chi connectivity index (χ1n) is 8.51. The summed E-state index contributed by atoms with van der Waals surface area (Å²) in [5.74, 6) is -2.97. The normalized spacial score (nSPS) is 19.2. The van der Waals surface area contributed by atoms with Gasteiger partial charge >= 0.3 is 12.1 Å². The molecule has 0 radical (unpaired) electrons. The first-order valence-corrected chi connectivity index (χ1v) is 8.51. The third-order valence-electron chi connectivity index (χ3n) is 4.62. The zero-order valence-corrected chi connectivity index (χ0v) is 15.4. The van der Waals surface area contributed by atoms with Crippen LogP contribution in [0.4, 0.5) is 17.6 Å². The molecule has 0 saturated carbocycles. The van der Waals surface area contributed by atoms with Crippen LogP contribution in [0.1, 0.15) is 35.5 Å². The van der Waals surface area contributed by atoms with Crippen LogP contribution in [-0.2, 0) is 22.2 Å². The molecule has 0 bridgehead atoms. The van der Waals surface area contributed by atoms with Crippen molar-refractivity contribution >= 4 is 5.97 Å². The van der Waals surface area contributed by atoms with Gasteiger partial charge in [0.1, 0.15) is 11.9 Å². The van der Waals surface area contributed by atoms with Crippen molar-refractivity contribution in [2.24, 2.45) is 0 Å². The molecule has 9 heteroatoms. The molecular weight excluding hydrogens is 382 g/mol. The van der Waals surface area contributed by atoms with Crippen LogP contribution < -0.4 is 0 Å². The lowest BCUT2D eigenvalue weighted by Gasteiger charge is -2.19. The van der Waals surface area contributed by atoms with Crippen LogP contribution in [0.2, 0.25) is 0 Å². The number of benzene rings is 1. The van der Waals surface area contributed by atoms with Crippen molar-refractivity contribution < 1.29 is 36.9 Å². The summed E-state index contributed by atoms with van der Waals surface area (Å²) >= 11 is 0. The van der Waals surface area contributed by atoms with Gasteiger partial charge in [-0.25, -0.2) is 9.18 Å². The Kier molecular flexibility index (Phi) is 5.01. The first-order chi connectivity index (χ1) is 12.9. The highest BCUT2D eigenvalue weighted by Crippen LogP contribution is 2.36. The van der Waals surface area contributed by atoms with Gasteiger partial charge in [0.05, 0.1) is 30.0 Å². The summed E-state index contributed by atoms with van der Waals surface area (Å²) in [4.78, 5) is 11.5. The Balaban J connectivity index is 2.11. The van der Waals surface area contributed by atoms with Gasteiger partial charge in [0.25, 0.3) is 0 Å². The monoisotopic (exact) mass is 401 g/mol. The molecule has 2 aromatic rings. The highest BCUT2D eigenvalue weighted by atomic mass is 19.4. The minimum atomic E-state index is -4.66. The van der Waals surface area contributed by atoms with Crippen LogP contribution in [-0.4, -0.2) is 34.1 Å². The Hall–Kier alpha value is -2.39. The Bertz CT molecular complexity index is 917. The van der Waals surface area contributed by atoms with Gasteiger partial charge in [-0.1, -0.05) is 0 Å². The van der Waals surface area contributed by atoms with Crippen molar-refractivity contribution in [1.29, 1.82) is 0 Å². The van der Waals surface area contributed by atoms with E-state index < -0.39 is 35.4 Å². The van der Waals surface area contributed by atoms with E-state index in [2.05, 4.69) is 0 Å². The fourth-order valence-corrected chi connectivity index (χ4v) is 3.27. The van der Waals surface area contributed by atoms with E-state index in [0.29, 0.717) is 12.1 Å². The fourth-order valence-electron chi connectivity index (χ4n) is 3.27. The lowest BCUT2D eigenvalue weighted by molar-refractivity contribution is -0.139. The summed E-state index contributed by atoms with van der Waals surface area (Å²) in [7, 11) is 0. The number of ether oxygens (including phenoxy) is 2. The smallest absolute Gasteiger partial charge is 0.416 e. The fraction of sp³-hybridized carbons (Fsp3) is 0.421. The van der Waals surface area contributed by atoms with Gasteiger partial charge in [-0.3, -0.25) is 0 Å². The molecule has 1 unspecified atom stereocenters. The summed E-state index contributed by atoms with van der Waals surface area (Å²) in [6.45, 7) is 5.27. The molecule has 152 valence electrons. The predicted molar refractivity (Wildman–Crippen MR) is 91.4 cm³/mol. The average Bonchev–Trinajstić information content (AvgIpc) is 3.07. The average molecular weight is 401 g/mol. The van der Waals surface area contributed by atoms with Gasteiger partial charge < -0.3 is 19.1 Å². The molecular formula is C19H19F4NO4. The largest absolute Gasteiger partial charge is 0.478 e. The molecule has 1 aliphatic rings. The summed E-state index contributed by atoms with van der Waals surface area (Å²) < 4.78 is 66.3. The van der Waals surface area contributed by atoms with E-state index in [0.717, 1.165) is 6.07 Å². The van der Waals surface area contributed by atoms with E-state index >= 15 is 0 Å². The lowest BCUT2D eigenvalue weighted by Crippen LogP contribution is -2.25. The van der Waals surface area contributed by atoms with Crippen molar-refractivity contribution in [3.05, 3.63) is 46.9 Å². The van der Waals surface area contributed by atoms with Crippen LogP contribution in [0.5, 0.6) is 0 Å². The van der Waals surface area contributed by atoms with Crippen LogP contribution in [0.15, 0.2) is 24.3 Å². The zero-order valence-electron chi connectivity index (χ0n) is 15.4.